The number of hydrogen-bond acceptors (Lipinski definition) is 7. The van der Waals surface area contributed by atoms with Crippen molar-refractivity contribution >= 4 is 119 Å². The zero-order valence-electron chi connectivity index (χ0n) is 12.2. The molecule has 0 aliphatic rings. The van der Waals surface area contributed by atoms with E-state index < -0.39 is 54.3 Å². The van der Waals surface area contributed by atoms with Crippen molar-refractivity contribution in [1.82, 2.24) is 0 Å². The molecule has 0 saturated carbocycles. The molecule has 0 spiro atoms. The molecule has 0 aromatic heterocycles. The summed E-state index contributed by atoms with van der Waals surface area (Å²) < 4.78 is 0. The molecular formula is C11H22CaKNO12. The fourth-order valence-electron chi connectivity index (χ4n) is 1.12. The van der Waals surface area contributed by atoms with Gasteiger partial charge in [-0.15, -0.1) is 0 Å². The van der Waals surface area contributed by atoms with Gasteiger partial charge in [0.2, 0.25) is 0 Å². The molecule has 0 fully saturated rings. The van der Waals surface area contributed by atoms with Gasteiger partial charge in [0.05, 0.1) is 12.8 Å². The van der Waals surface area contributed by atoms with Crippen LogP contribution >= 0.6 is 0 Å². The molecule has 0 rings (SSSR count). The summed E-state index contributed by atoms with van der Waals surface area (Å²) in [5, 5.41) is 50.1. The van der Waals surface area contributed by atoms with E-state index in [-0.39, 0.29) is 107 Å². The summed E-state index contributed by atoms with van der Waals surface area (Å²) in [4.78, 5) is 50.4. The van der Waals surface area contributed by atoms with Crippen LogP contribution in [-0.2, 0) is 24.0 Å². The summed E-state index contributed by atoms with van der Waals surface area (Å²) in [5.74, 6) is -7.22. The molecule has 146 valence electrons. The molecule has 0 aromatic rings. The van der Waals surface area contributed by atoms with Crippen LogP contribution in [0.5, 0.6) is 0 Å². The van der Waals surface area contributed by atoms with E-state index in [1.807, 2.05) is 0 Å². The van der Waals surface area contributed by atoms with Crippen LogP contribution < -0.4 is 5.73 Å². The van der Waals surface area contributed by atoms with Gasteiger partial charge >= 0.3 is 119 Å². The number of rotatable bonds is 9. The molecule has 0 heterocycles. The Balaban J connectivity index is -0.000000104. The molecule has 0 unspecified atom stereocenters. The molecule has 15 heteroatoms. The van der Waals surface area contributed by atoms with Gasteiger partial charge in [-0.05, 0) is 6.42 Å². The molecule has 0 aliphatic carbocycles. The fraction of sp³-hybridized carbons (Fsp3) is 0.545. The second-order valence-electron chi connectivity index (χ2n) is 4.35. The molecule has 13 nitrogen and oxygen atoms in total. The van der Waals surface area contributed by atoms with E-state index in [0.717, 1.165) is 0 Å². The van der Waals surface area contributed by atoms with E-state index in [1.54, 1.807) is 0 Å². The van der Waals surface area contributed by atoms with Crippen molar-refractivity contribution < 1.29 is 60.1 Å². The van der Waals surface area contributed by atoms with Crippen molar-refractivity contribution in [2.45, 2.75) is 37.3 Å². The molecule has 26 heavy (non-hydrogen) atoms. The molecular weight excluding hydrogens is 417 g/mol. The molecule has 10 N–H and O–H groups in total. The van der Waals surface area contributed by atoms with E-state index in [9.17, 15) is 24.0 Å². The van der Waals surface area contributed by atoms with Crippen LogP contribution in [0.25, 0.3) is 0 Å². The van der Waals surface area contributed by atoms with Gasteiger partial charge in [-0.3, -0.25) is 19.2 Å². The number of aliphatic carboxylic acids is 5. The summed E-state index contributed by atoms with van der Waals surface area (Å²) in [7, 11) is 0. The topological polar surface area (TPSA) is 264 Å². The van der Waals surface area contributed by atoms with E-state index in [4.69, 9.17) is 36.4 Å². The quantitative estimate of drug-likeness (QED) is 0.168. The second-order valence-corrected chi connectivity index (χ2v) is 4.35. The average Bonchev–Trinajstić information content (AvgIpc) is 2.34. The van der Waals surface area contributed by atoms with Gasteiger partial charge in [-0.25, -0.2) is 4.79 Å². The Morgan fingerprint density at radius 3 is 1.38 bits per heavy atom. The first-order valence-corrected chi connectivity index (χ1v) is 5.91. The van der Waals surface area contributed by atoms with Crippen LogP contribution in [0.2, 0.25) is 0 Å². The molecule has 0 amide bonds. The van der Waals surface area contributed by atoms with Gasteiger partial charge in [-0.1, -0.05) is 0 Å². The van der Waals surface area contributed by atoms with Crippen LogP contribution in [0.4, 0.5) is 0 Å². The van der Waals surface area contributed by atoms with Gasteiger partial charge < -0.3 is 41.8 Å². The van der Waals surface area contributed by atoms with Crippen LogP contribution in [-0.4, -0.2) is 167 Å². The third kappa shape index (κ3) is 20.4. The number of nitrogens with two attached hydrogens (primary N) is 1. The number of carboxylic acids is 5. The summed E-state index contributed by atoms with van der Waals surface area (Å²) >= 11 is 0. The molecule has 0 saturated heterocycles. The first-order chi connectivity index (χ1) is 10.3. The normalized spacial score (nSPS) is 10.2. The summed E-state index contributed by atoms with van der Waals surface area (Å²) in [6, 6.07) is -1.06. The van der Waals surface area contributed by atoms with Crippen molar-refractivity contribution in [3.63, 3.8) is 0 Å². The number of aliphatic hydroxyl groups is 1. The second kappa shape index (κ2) is 18.5. The zero-order chi connectivity index (χ0) is 18.8. The maximum atomic E-state index is 10.3. The third-order valence-corrected chi connectivity index (χ3v) is 2.27. The summed E-state index contributed by atoms with van der Waals surface area (Å²) in [5.41, 5.74) is 2.26. The van der Waals surface area contributed by atoms with Crippen LogP contribution in [0.3, 0.4) is 0 Å². The summed E-state index contributed by atoms with van der Waals surface area (Å²) in [6.45, 7) is 0. The van der Waals surface area contributed by atoms with Crippen molar-refractivity contribution in [3.8, 4) is 0 Å². The van der Waals surface area contributed by atoms with Gasteiger partial charge in [-0.2, -0.15) is 0 Å². The summed E-state index contributed by atoms with van der Waals surface area (Å²) in [6.07, 6.45) is -2.51. The predicted molar refractivity (Wildman–Crippen MR) is 88.9 cm³/mol. The van der Waals surface area contributed by atoms with E-state index >= 15 is 0 Å². The molecule has 1 atom stereocenters. The van der Waals surface area contributed by atoms with Crippen LogP contribution in [0.15, 0.2) is 0 Å². The SMILES string of the molecule is N[C@@H](CCC(=O)O)C(=O)O.O.O=C(O)CC(O)(CC(=O)O)C(=O)O.[CaH2].[KH]. The Kier molecular flexibility index (Phi) is 26.3. The van der Waals surface area contributed by atoms with Gasteiger partial charge in [0, 0.05) is 6.42 Å². The van der Waals surface area contributed by atoms with Gasteiger partial charge in [0.25, 0.3) is 0 Å². The Morgan fingerprint density at radius 2 is 1.19 bits per heavy atom. The first-order valence-electron chi connectivity index (χ1n) is 5.91. The Morgan fingerprint density at radius 1 is 0.846 bits per heavy atom. The van der Waals surface area contributed by atoms with Crippen LogP contribution in [0, 0.1) is 0 Å². The minimum absolute atomic E-state index is 0. The van der Waals surface area contributed by atoms with Crippen molar-refractivity contribution in [1.29, 1.82) is 0 Å². The molecule has 0 radical (unpaired) electrons. The molecule has 0 aromatic carbocycles. The van der Waals surface area contributed by atoms with Gasteiger partial charge in [0.1, 0.15) is 6.04 Å². The molecule has 0 aliphatic heterocycles. The Bertz CT molecular complexity index is 470. The van der Waals surface area contributed by atoms with Gasteiger partial charge in [0.15, 0.2) is 5.60 Å². The van der Waals surface area contributed by atoms with E-state index in [1.165, 1.54) is 0 Å². The standard InChI is InChI=1S/C6H8O7.C5H9NO4.Ca.K.H2O.3H/c7-3(8)1-6(13,5(11)12)2-4(9)10;6-3(5(9)10)1-2-4(7)8;;;;;;/h13H,1-2H2,(H,7,8)(H,9,10)(H,11,12);3H,1-2,6H2,(H,7,8)(H,9,10);;;1H2;;;/t;3-;;;;;;/m.0....../s1. The monoisotopic (exact) mass is 439 g/mol. The van der Waals surface area contributed by atoms with Crippen molar-refractivity contribution in [3.05, 3.63) is 0 Å². The molecule has 0 bridgehead atoms. The van der Waals surface area contributed by atoms with Crippen molar-refractivity contribution in [2.75, 3.05) is 0 Å². The first kappa shape index (κ1) is 37.0. The average molecular weight is 439 g/mol. The number of carboxylic acid groups (broad SMARTS) is 5. The Hall–Kier alpha value is 0.126. The fourth-order valence-corrected chi connectivity index (χ4v) is 1.12. The van der Waals surface area contributed by atoms with Crippen molar-refractivity contribution in [2.24, 2.45) is 5.73 Å². The van der Waals surface area contributed by atoms with E-state index in [0.29, 0.717) is 0 Å². The Labute approximate surface area is 219 Å². The minimum atomic E-state index is -2.74. The number of carbonyl (C=O) groups is 5. The maximum absolute atomic E-state index is 10.3. The zero-order valence-corrected chi connectivity index (χ0v) is 12.2. The van der Waals surface area contributed by atoms with E-state index in [2.05, 4.69) is 0 Å². The predicted octanol–water partition coefficient (Wildman–Crippen LogP) is -4.37. The van der Waals surface area contributed by atoms with Crippen LogP contribution in [0.1, 0.15) is 25.7 Å². The number of hydrogen-bond donors (Lipinski definition) is 7. The third-order valence-electron chi connectivity index (χ3n) is 2.27.